The van der Waals surface area contributed by atoms with Crippen molar-refractivity contribution in [1.82, 2.24) is 9.97 Å². The third-order valence-electron chi connectivity index (χ3n) is 2.49. The maximum absolute atomic E-state index is 9.39. The van der Waals surface area contributed by atoms with Gasteiger partial charge in [-0.05, 0) is 19.4 Å². The molecule has 1 heterocycles. The standard InChI is InChI=1S/C13H15N3O/c1-9-8-12(17)16-13(14-9)15-10(2)11-6-4-3-5-7-11/h3-8,10H,1-2H3,(H2,14,15,16,17)/t10-/m0/s1. The van der Waals surface area contributed by atoms with Gasteiger partial charge in [0.05, 0.1) is 6.04 Å². The van der Waals surface area contributed by atoms with Crippen molar-refractivity contribution in [3.05, 3.63) is 47.7 Å². The first-order valence-electron chi connectivity index (χ1n) is 5.51. The summed E-state index contributed by atoms with van der Waals surface area (Å²) in [4.78, 5) is 8.15. The Bertz CT molecular complexity index is 479. The van der Waals surface area contributed by atoms with E-state index in [1.54, 1.807) is 0 Å². The average Bonchev–Trinajstić information content (AvgIpc) is 2.28. The van der Waals surface area contributed by atoms with E-state index in [-0.39, 0.29) is 11.9 Å². The molecule has 0 aliphatic heterocycles. The molecule has 2 N–H and O–H groups in total. The maximum Gasteiger partial charge on any atom is 0.226 e. The van der Waals surface area contributed by atoms with Gasteiger partial charge in [-0.1, -0.05) is 30.3 Å². The second-order valence-electron chi connectivity index (χ2n) is 3.97. The van der Waals surface area contributed by atoms with Gasteiger partial charge in [0.1, 0.15) is 0 Å². The van der Waals surface area contributed by atoms with Crippen LogP contribution in [0, 0.1) is 6.92 Å². The molecule has 4 heteroatoms. The number of nitrogens with zero attached hydrogens (tertiary/aromatic N) is 2. The molecule has 2 aromatic rings. The summed E-state index contributed by atoms with van der Waals surface area (Å²) in [5.74, 6) is 0.430. The fourth-order valence-electron chi connectivity index (χ4n) is 1.64. The van der Waals surface area contributed by atoms with Gasteiger partial charge >= 0.3 is 0 Å². The minimum absolute atomic E-state index is 0.0136. The number of benzene rings is 1. The lowest BCUT2D eigenvalue weighted by molar-refractivity contribution is 0.452. The highest BCUT2D eigenvalue weighted by Gasteiger charge is 2.07. The fraction of sp³-hybridized carbons (Fsp3) is 0.231. The van der Waals surface area contributed by atoms with Crippen LogP contribution in [0.3, 0.4) is 0 Å². The van der Waals surface area contributed by atoms with Crippen molar-refractivity contribution in [3.8, 4) is 5.88 Å². The van der Waals surface area contributed by atoms with Gasteiger partial charge in [0.2, 0.25) is 11.8 Å². The van der Waals surface area contributed by atoms with Crippen LogP contribution in [-0.2, 0) is 0 Å². The molecule has 0 radical (unpaired) electrons. The number of hydrogen-bond acceptors (Lipinski definition) is 4. The van der Waals surface area contributed by atoms with Crippen molar-refractivity contribution < 1.29 is 5.11 Å². The van der Waals surface area contributed by atoms with Gasteiger partial charge in [0.15, 0.2) is 0 Å². The van der Waals surface area contributed by atoms with Crippen LogP contribution in [-0.4, -0.2) is 15.1 Å². The fourth-order valence-corrected chi connectivity index (χ4v) is 1.64. The molecule has 0 bridgehead atoms. The molecule has 0 spiro atoms. The average molecular weight is 229 g/mol. The molecule has 2 rings (SSSR count). The number of hydrogen-bond donors (Lipinski definition) is 2. The molecule has 1 aromatic carbocycles. The largest absolute Gasteiger partial charge is 0.493 e. The van der Waals surface area contributed by atoms with Crippen LogP contribution >= 0.6 is 0 Å². The Morgan fingerprint density at radius 1 is 1.18 bits per heavy atom. The molecule has 1 aromatic heterocycles. The summed E-state index contributed by atoms with van der Waals surface area (Å²) in [5.41, 5.74) is 1.89. The van der Waals surface area contributed by atoms with Crippen molar-refractivity contribution in [2.45, 2.75) is 19.9 Å². The van der Waals surface area contributed by atoms with Crippen LogP contribution in [0.25, 0.3) is 0 Å². The van der Waals surface area contributed by atoms with Crippen LogP contribution in [0.4, 0.5) is 5.95 Å². The Hall–Kier alpha value is -2.10. The summed E-state index contributed by atoms with van der Waals surface area (Å²) in [6, 6.07) is 11.6. The summed E-state index contributed by atoms with van der Waals surface area (Å²) in [7, 11) is 0. The first-order chi connectivity index (χ1) is 8.15. The van der Waals surface area contributed by atoms with E-state index in [0.717, 1.165) is 11.3 Å². The summed E-state index contributed by atoms with van der Waals surface area (Å²) in [5, 5.41) is 12.5. The minimum Gasteiger partial charge on any atom is -0.493 e. The van der Waals surface area contributed by atoms with Crippen LogP contribution in [0.1, 0.15) is 24.2 Å². The second kappa shape index (κ2) is 4.82. The smallest absolute Gasteiger partial charge is 0.226 e. The van der Waals surface area contributed by atoms with Gasteiger partial charge in [-0.15, -0.1) is 0 Å². The molecule has 17 heavy (non-hydrogen) atoms. The van der Waals surface area contributed by atoms with Crippen molar-refractivity contribution >= 4 is 5.95 Å². The van der Waals surface area contributed by atoms with Crippen molar-refractivity contribution in [3.63, 3.8) is 0 Å². The molecule has 1 atom stereocenters. The zero-order chi connectivity index (χ0) is 12.3. The Morgan fingerprint density at radius 2 is 1.88 bits per heavy atom. The third kappa shape index (κ3) is 2.93. The highest BCUT2D eigenvalue weighted by Crippen LogP contribution is 2.18. The number of aryl methyl sites for hydroxylation is 1. The number of aromatic nitrogens is 2. The predicted molar refractivity (Wildman–Crippen MR) is 66.9 cm³/mol. The molecule has 0 unspecified atom stereocenters. The number of rotatable bonds is 3. The molecular formula is C13H15N3O. The number of anilines is 1. The SMILES string of the molecule is Cc1cc(O)nc(N[C@@H](C)c2ccccc2)n1. The van der Waals surface area contributed by atoms with E-state index in [1.807, 2.05) is 44.2 Å². The Labute approximate surface area is 100 Å². The van der Waals surface area contributed by atoms with Gasteiger partial charge in [-0.3, -0.25) is 0 Å². The summed E-state index contributed by atoms with van der Waals surface area (Å²) in [6.45, 7) is 3.85. The Balaban J connectivity index is 2.16. The van der Waals surface area contributed by atoms with E-state index in [2.05, 4.69) is 15.3 Å². The van der Waals surface area contributed by atoms with Gasteiger partial charge in [-0.25, -0.2) is 4.98 Å². The van der Waals surface area contributed by atoms with Crippen LogP contribution in [0.2, 0.25) is 0 Å². The van der Waals surface area contributed by atoms with Crippen molar-refractivity contribution in [1.29, 1.82) is 0 Å². The predicted octanol–water partition coefficient (Wildman–Crippen LogP) is 2.66. The van der Waals surface area contributed by atoms with E-state index >= 15 is 0 Å². The molecule has 0 aliphatic carbocycles. The molecule has 0 saturated carbocycles. The van der Waals surface area contributed by atoms with Crippen LogP contribution in [0.5, 0.6) is 5.88 Å². The monoisotopic (exact) mass is 229 g/mol. The van der Waals surface area contributed by atoms with E-state index in [4.69, 9.17) is 0 Å². The Kier molecular flexibility index (Phi) is 3.23. The van der Waals surface area contributed by atoms with Gasteiger partial charge in [0, 0.05) is 11.8 Å². The lowest BCUT2D eigenvalue weighted by atomic mass is 10.1. The second-order valence-corrected chi connectivity index (χ2v) is 3.97. The lowest BCUT2D eigenvalue weighted by Gasteiger charge is -2.14. The molecular weight excluding hydrogens is 214 g/mol. The van der Waals surface area contributed by atoms with Gasteiger partial charge in [-0.2, -0.15) is 4.98 Å². The molecule has 0 saturated heterocycles. The molecule has 88 valence electrons. The van der Waals surface area contributed by atoms with E-state index in [1.165, 1.54) is 6.07 Å². The minimum atomic E-state index is -0.0136. The lowest BCUT2D eigenvalue weighted by Crippen LogP contribution is -2.09. The van der Waals surface area contributed by atoms with E-state index < -0.39 is 0 Å². The van der Waals surface area contributed by atoms with Gasteiger partial charge < -0.3 is 10.4 Å². The van der Waals surface area contributed by atoms with Crippen LogP contribution in [0.15, 0.2) is 36.4 Å². The normalized spacial score (nSPS) is 12.1. The maximum atomic E-state index is 9.39. The molecule has 4 nitrogen and oxygen atoms in total. The highest BCUT2D eigenvalue weighted by atomic mass is 16.3. The van der Waals surface area contributed by atoms with Crippen molar-refractivity contribution in [2.75, 3.05) is 5.32 Å². The van der Waals surface area contributed by atoms with E-state index in [9.17, 15) is 5.11 Å². The first-order valence-corrected chi connectivity index (χ1v) is 5.51. The number of aromatic hydroxyl groups is 1. The molecule has 0 amide bonds. The topological polar surface area (TPSA) is 58.0 Å². The quantitative estimate of drug-likeness (QED) is 0.849. The molecule has 0 fully saturated rings. The van der Waals surface area contributed by atoms with E-state index in [0.29, 0.717) is 5.95 Å². The first kappa shape index (κ1) is 11.4. The van der Waals surface area contributed by atoms with Crippen molar-refractivity contribution in [2.24, 2.45) is 0 Å². The van der Waals surface area contributed by atoms with Crippen LogP contribution < -0.4 is 5.32 Å². The third-order valence-corrected chi connectivity index (χ3v) is 2.49. The Morgan fingerprint density at radius 3 is 2.53 bits per heavy atom. The summed E-state index contributed by atoms with van der Waals surface area (Å²) in [6.07, 6.45) is 0. The molecule has 0 aliphatic rings. The van der Waals surface area contributed by atoms with Gasteiger partial charge in [0.25, 0.3) is 0 Å². The zero-order valence-corrected chi connectivity index (χ0v) is 9.88. The zero-order valence-electron chi connectivity index (χ0n) is 9.88. The summed E-state index contributed by atoms with van der Waals surface area (Å²) < 4.78 is 0. The number of nitrogens with one attached hydrogen (secondary N) is 1. The summed E-state index contributed by atoms with van der Waals surface area (Å²) >= 11 is 0. The highest BCUT2D eigenvalue weighted by molar-refractivity contribution is 5.34.